The third-order valence-electron chi connectivity index (χ3n) is 2.59. The molecule has 2 rings (SSSR count). The Balaban J connectivity index is 1.86. The summed E-state index contributed by atoms with van der Waals surface area (Å²) in [6.07, 6.45) is 4.81. The first-order chi connectivity index (χ1) is 9.69. The Morgan fingerprint density at radius 3 is 3.00 bits per heavy atom. The van der Waals surface area contributed by atoms with Gasteiger partial charge in [0.2, 0.25) is 0 Å². The Morgan fingerprint density at radius 2 is 2.30 bits per heavy atom. The SMILES string of the molecule is COC(=O)NCCCc1cnn(-c2ccc(Cl)nn2)c1. The molecule has 20 heavy (non-hydrogen) atoms. The Kier molecular flexibility index (Phi) is 4.89. The first-order valence-electron chi connectivity index (χ1n) is 6.04. The molecule has 0 aliphatic heterocycles. The van der Waals surface area contributed by atoms with Gasteiger partial charge in [-0.1, -0.05) is 11.6 Å². The molecule has 7 nitrogen and oxygen atoms in total. The van der Waals surface area contributed by atoms with Gasteiger partial charge in [0.05, 0.1) is 13.3 Å². The van der Waals surface area contributed by atoms with Gasteiger partial charge < -0.3 is 10.1 Å². The number of rotatable bonds is 5. The predicted octanol–water partition coefficient (Wildman–Crippen LogP) is 1.60. The molecule has 2 heterocycles. The minimum Gasteiger partial charge on any atom is -0.453 e. The molecule has 0 atom stereocenters. The molecule has 0 aliphatic carbocycles. The second-order valence-electron chi connectivity index (χ2n) is 4.03. The number of alkyl carbamates (subject to hydrolysis) is 1. The Hall–Kier alpha value is -2.15. The van der Waals surface area contributed by atoms with Gasteiger partial charge in [0.15, 0.2) is 11.0 Å². The van der Waals surface area contributed by atoms with Gasteiger partial charge in [-0.05, 0) is 30.5 Å². The Morgan fingerprint density at radius 1 is 1.45 bits per heavy atom. The van der Waals surface area contributed by atoms with E-state index in [2.05, 4.69) is 25.3 Å². The van der Waals surface area contributed by atoms with Crippen molar-refractivity contribution in [3.8, 4) is 5.82 Å². The van der Waals surface area contributed by atoms with Crippen LogP contribution >= 0.6 is 11.6 Å². The van der Waals surface area contributed by atoms with E-state index in [9.17, 15) is 4.79 Å². The molecule has 1 amide bonds. The fourth-order valence-corrected chi connectivity index (χ4v) is 1.70. The molecule has 0 radical (unpaired) electrons. The van der Waals surface area contributed by atoms with Crippen molar-refractivity contribution >= 4 is 17.7 Å². The van der Waals surface area contributed by atoms with Crippen molar-refractivity contribution in [1.82, 2.24) is 25.3 Å². The second-order valence-corrected chi connectivity index (χ2v) is 4.42. The van der Waals surface area contributed by atoms with Crippen molar-refractivity contribution < 1.29 is 9.53 Å². The number of halogens is 1. The maximum Gasteiger partial charge on any atom is 0.406 e. The van der Waals surface area contributed by atoms with E-state index in [4.69, 9.17) is 11.6 Å². The van der Waals surface area contributed by atoms with Crippen molar-refractivity contribution in [3.05, 3.63) is 35.2 Å². The van der Waals surface area contributed by atoms with Crippen molar-refractivity contribution in [1.29, 1.82) is 0 Å². The van der Waals surface area contributed by atoms with Crippen molar-refractivity contribution in [2.45, 2.75) is 12.8 Å². The lowest BCUT2D eigenvalue weighted by Crippen LogP contribution is -2.24. The average Bonchev–Trinajstić information content (AvgIpc) is 2.93. The van der Waals surface area contributed by atoms with E-state index < -0.39 is 6.09 Å². The summed E-state index contributed by atoms with van der Waals surface area (Å²) < 4.78 is 6.11. The number of nitrogens with one attached hydrogen (secondary N) is 1. The van der Waals surface area contributed by atoms with E-state index in [0.717, 1.165) is 18.4 Å². The summed E-state index contributed by atoms with van der Waals surface area (Å²) in [6, 6.07) is 3.40. The predicted molar refractivity (Wildman–Crippen MR) is 72.9 cm³/mol. The minimum atomic E-state index is -0.419. The zero-order valence-corrected chi connectivity index (χ0v) is 11.7. The first kappa shape index (κ1) is 14.3. The van der Waals surface area contributed by atoms with Crippen LogP contribution in [0.4, 0.5) is 4.79 Å². The highest BCUT2D eigenvalue weighted by Crippen LogP contribution is 2.08. The first-order valence-corrected chi connectivity index (χ1v) is 6.42. The molecule has 0 saturated carbocycles. The highest BCUT2D eigenvalue weighted by atomic mass is 35.5. The topological polar surface area (TPSA) is 81.9 Å². The third-order valence-corrected chi connectivity index (χ3v) is 2.79. The van der Waals surface area contributed by atoms with Crippen LogP contribution in [0.25, 0.3) is 5.82 Å². The Labute approximate surface area is 120 Å². The van der Waals surface area contributed by atoms with Gasteiger partial charge in [-0.3, -0.25) is 0 Å². The summed E-state index contributed by atoms with van der Waals surface area (Å²) in [5, 5.41) is 14.9. The lowest BCUT2D eigenvalue weighted by atomic mass is 10.2. The van der Waals surface area contributed by atoms with Crippen LogP contribution in [0, 0.1) is 0 Å². The molecular formula is C12H14ClN5O2. The standard InChI is InChI=1S/C12H14ClN5O2/c1-20-12(19)14-6-2-3-9-7-15-18(8-9)11-5-4-10(13)16-17-11/h4-5,7-8H,2-3,6H2,1H3,(H,14,19). The van der Waals surface area contributed by atoms with Crippen LogP contribution in [-0.4, -0.2) is 39.7 Å². The molecule has 2 aromatic heterocycles. The molecule has 0 unspecified atom stereocenters. The minimum absolute atomic E-state index is 0.343. The number of carbonyl (C=O) groups excluding carboxylic acids is 1. The maximum absolute atomic E-state index is 10.9. The van der Waals surface area contributed by atoms with E-state index in [1.807, 2.05) is 6.20 Å². The summed E-state index contributed by atoms with van der Waals surface area (Å²) in [6.45, 7) is 0.554. The lowest BCUT2D eigenvalue weighted by Gasteiger charge is -2.02. The van der Waals surface area contributed by atoms with Crippen LogP contribution in [0.3, 0.4) is 0 Å². The fourth-order valence-electron chi connectivity index (χ4n) is 1.60. The Bertz CT molecular complexity index is 569. The number of hydrogen-bond acceptors (Lipinski definition) is 5. The number of aryl methyl sites for hydroxylation is 1. The van der Waals surface area contributed by atoms with Crippen LogP contribution < -0.4 is 5.32 Å². The number of aromatic nitrogens is 4. The van der Waals surface area contributed by atoms with E-state index in [-0.39, 0.29) is 0 Å². The lowest BCUT2D eigenvalue weighted by molar-refractivity contribution is 0.171. The second kappa shape index (κ2) is 6.85. The van der Waals surface area contributed by atoms with E-state index >= 15 is 0 Å². The van der Waals surface area contributed by atoms with E-state index in [0.29, 0.717) is 17.5 Å². The van der Waals surface area contributed by atoms with Crippen LogP contribution in [0.5, 0.6) is 0 Å². The number of hydrogen-bond donors (Lipinski definition) is 1. The highest BCUT2D eigenvalue weighted by Gasteiger charge is 2.03. The largest absolute Gasteiger partial charge is 0.453 e. The van der Waals surface area contributed by atoms with Gasteiger partial charge in [0.1, 0.15) is 0 Å². The monoisotopic (exact) mass is 295 g/mol. The average molecular weight is 296 g/mol. The number of nitrogens with zero attached hydrogens (tertiary/aromatic N) is 4. The molecule has 0 spiro atoms. The van der Waals surface area contributed by atoms with Gasteiger partial charge >= 0.3 is 6.09 Å². The molecule has 0 aromatic carbocycles. The summed E-state index contributed by atoms with van der Waals surface area (Å²) in [5.74, 6) is 0.605. The number of methoxy groups -OCH3 is 1. The van der Waals surface area contributed by atoms with Gasteiger partial charge in [0.25, 0.3) is 0 Å². The summed E-state index contributed by atoms with van der Waals surface area (Å²) in [4.78, 5) is 10.9. The van der Waals surface area contributed by atoms with Crippen molar-refractivity contribution in [2.75, 3.05) is 13.7 Å². The number of ether oxygens (including phenoxy) is 1. The highest BCUT2D eigenvalue weighted by molar-refractivity contribution is 6.29. The molecule has 0 saturated heterocycles. The molecular weight excluding hydrogens is 282 g/mol. The molecule has 0 bridgehead atoms. The molecule has 106 valence electrons. The zero-order valence-electron chi connectivity index (χ0n) is 10.9. The molecule has 8 heteroatoms. The van der Waals surface area contributed by atoms with Crippen LogP contribution in [0.15, 0.2) is 24.5 Å². The summed E-state index contributed by atoms with van der Waals surface area (Å²) in [7, 11) is 1.34. The summed E-state index contributed by atoms with van der Waals surface area (Å²) >= 11 is 5.68. The van der Waals surface area contributed by atoms with E-state index in [1.165, 1.54) is 7.11 Å². The normalized spacial score (nSPS) is 10.3. The zero-order chi connectivity index (χ0) is 14.4. The number of carbonyl (C=O) groups is 1. The van der Waals surface area contributed by atoms with Gasteiger partial charge in [-0.25, -0.2) is 9.48 Å². The number of amides is 1. The van der Waals surface area contributed by atoms with Crippen molar-refractivity contribution in [2.24, 2.45) is 0 Å². The summed E-state index contributed by atoms with van der Waals surface area (Å²) in [5.41, 5.74) is 1.05. The van der Waals surface area contributed by atoms with Crippen LogP contribution in [0.1, 0.15) is 12.0 Å². The molecule has 0 aliphatic rings. The molecule has 1 N–H and O–H groups in total. The quantitative estimate of drug-likeness (QED) is 0.847. The van der Waals surface area contributed by atoms with Crippen LogP contribution in [-0.2, 0) is 11.2 Å². The van der Waals surface area contributed by atoms with Gasteiger partial charge in [-0.2, -0.15) is 5.10 Å². The molecule has 2 aromatic rings. The van der Waals surface area contributed by atoms with Crippen LogP contribution in [0.2, 0.25) is 5.15 Å². The van der Waals surface area contributed by atoms with E-state index in [1.54, 1.807) is 23.0 Å². The van der Waals surface area contributed by atoms with Gasteiger partial charge in [-0.15, -0.1) is 10.2 Å². The third kappa shape index (κ3) is 3.92. The fraction of sp³-hybridized carbons (Fsp3) is 0.333. The molecule has 0 fully saturated rings. The maximum atomic E-state index is 10.9. The smallest absolute Gasteiger partial charge is 0.406 e. The van der Waals surface area contributed by atoms with Gasteiger partial charge in [0, 0.05) is 12.7 Å². The van der Waals surface area contributed by atoms with Crippen molar-refractivity contribution in [3.63, 3.8) is 0 Å².